The highest BCUT2D eigenvalue weighted by Crippen LogP contribution is 2.16. The zero-order chi connectivity index (χ0) is 11.3. The van der Waals surface area contributed by atoms with Crippen molar-refractivity contribution in [2.24, 2.45) is 0 Å². The molecule has 0 saturated heterocycles. The van der Waals surface area contributed by atoms with Crippen LogP contribution in [-0.2, 0) is 4.74 Å². The predicted octanol–water partition coefficient (Wildman–Crippen LogP) is 2.91. The van der Waals surface area contributed by atoms with Gasteiger partial charge in [0.2, 0.25) is 0 Å². The first-order valence-corrected chi connectivity index (χ1v) is 5.74. The summed E-state index contributed by atoms with van der Waals surface area (Å²) in [5.74, 6) is -0.323. The Morgan fingerprint density at radius 3 is 2.87 bits per heavy atom. The molecule has 1 aromatic rings. The molecular weight excluding hydrogens is 210 g/mol. The third-order valence-electron chi connectivity index (χ3n) is 2.12. The van der Waals surface area contributed by atoms with E-state index < -0.39 is 0 Å². The second-order valence-electron chi connectivity index (χ2n) is 3.27. The minimum absolute atomic E-state index is 0.255. The van der Waals surface area contributed by atoms with E-state index in [0.29, 0.717) is 12.0 Å². The molecule has 1 rings (SSSR count). The molecule has 0 spiro atoms. The zero-order valence-electron chi connectivity index (χ0n) is 8.82. The predicted molar refractivity (Wildman–Crippen MR) is 58.8 cm³/mol. The quantitative estimate of drug-likeness (QED) is 0.737. The second kappa shape index (κ2) is 5.52. The minimum Gasteiger partial charge on any atom is -0.458 e. The van der Waals surface area contributed by atoms with Crippen LogP contribution in [0.4, 0.5) is 0 Å². The average molecular weight is 223 g/mol. The molecule has 0 aromatic carbocycles. The van der Waals surface area contributed by atoms with Gasteiger partial charge in [-0.15, -0.1) is 0 Å². The van der Waals surface area contributed by atoms with Crippen LogP contribution in [0.15, 0.2) is 10.8 Å². The summed E-state index contributed by atoms with van der Waals surface area (Å²) in [6.45, 7) is 3.77. The van der Waals surface area contributed by atoms with Crippen LogP contribution < -0.4 is 0 Å². The summed E-state index contributed by atoms with van der Waals surface area (Å²) in [6, 6.07) is 2.01. The smallest absolute Gasteiger partial charge is 0.339 e. The molecule has 0 bridgehead atoms. The van der Waals surface area contributed by atoms with E-state index in [1.165, 1.54) is 11.3 Å². The van der Waals surface area contributed by atoms with E-state index >= 15 is 0 Å². The van der Waals surface area contributed by atoms with Gasteiger partial charge in [-0.2, -0.15) is 16.6 Å². The zero-order valence-corrected chi connectivity index (χ0v) is 9.63. The number of nitrogens with zero attached hydrogens (tertiary/aromatic N) is 1. The Kier molecular flexibility index (Phi) is 4.32. The lowest BCUT2D eigenvalue weighted by atomic mass is 10.2. The van der Waals surface area contributed by atoms with Crippen molar-refractivity contribution in [1.29, 1.82) is 5.26 Å². The van der Waals surface area contributed by atoms with Crippen molar-refractivity contribution >= 4 is 17.3 Å². The number of carbonyl (C=O) groups is 1. The van der Waals surface area contributed by atoms with Crippen molar-refractivity contribution in [2.75, 3.05) is 0 Å². The summed E-state index contributed by atoms with van der Waals surface area (Å²) in [4.78, 5) is 11.6. The highest BCUT2D eigenvalue weighted by Gasteiger charge is 2.16. The standard InChI is InChI=1S/C11H13NO2S/c1-3-9(4-5-12)14-11(13)10-7-15-6-8(10)2/h6-7,9H,3-4H2,1-2H3/t9-/m0/s1. The maximum absolute atomic E-state index is 11.6. The van der Waals surface area contributed by atoms with E-state index in [1.54, 1.807) is 5.38 Å². The molecule has 1 heterocycles. The van der Waals surface area contributed by atoms with Crippen molar-refractivity contribution < 1.29 is 9.53 Å². The highest BCUT2D eigenvalue weighted by molar-refractivity contribution is 7.08. The number of aryl methyl sites for hydroxylation is 1. The maximum Gasteiger partial charge on any atom is 0.339 e. The van der Waals surface area contributed by atoms with Gasteiger partial charge in [0, 0.05) is 5.38 Å². The first kappa shape index (κ1) is 11.7. The van der Waals surface area contributed by atoms with Crippen molar-refractivity contribution in [3.63, 3.8) is 0 Å². The molecule has 0 aliphatic carbocycles. The topological polar surface area (TPSA) is 50.1 Å². The van der Waals surface area contributed by atoms with Crippen molar-refractivity contribution in [3.8, 4) is 6.07 Å². The van der Waals surface area contributed by atoms with Gasteiger partial charge < -0.3 is 4.74 Å². The van der Waals surface area contributed by atoms with Gasteiger partial charge in [-0.3, -0.25) is 0 Å². The third-order valence-corrected chi connectivity index (χ3v) is 2.98. The van der Waals surface area contributed by atoms with Gasteiger partial charge in [-0.05, 0) is 24.3 Å². The van der Waals surface area contributed by atoms with Gasteiger partial charge in [0.25, 0.3) is 0 Å². The summed E-state index contributed by atoms with van der Waals surface area (Å²) >= 11 is 1.48. The van der Waals surface area contributed by atoms with Crippen LogP contribution in [0.2, 0.25) is 0 Å². The lowest BCUT2D eigenvalue weighted by Gasteiger charge is -2.12. The molecule has 0 aliphatic heterocycles. The van der Waals surface area contributed by atoms with E-state index in [1.807, 2.05) is 25.3 Å². The second-order valence-corrected chi connectivity index (χ2v) is 4.01. The summed E-state index contributed by atoms with van der Waals surface area (Å²) in [5.41, 5.74) is 1.54. The van der Waals surface area contributed by atoms with Gasteiger partial charge in [0.05, 0.1) is 18.1 Å². The van der Waals surface area contributed by atoms with Crippen LogP contribution in [0, 0.1) is 18.3 Å². The molecule has 0 radical (unpaired) electrons. The van der Waals surface area contributed by atoms with Gasteiger partial charge in [-0.1, -0.05) is 6.92 Å². The third kappa shape index (κ3) is 3.07. The summed E-state index contributed by atoms with van der Waals surface area (Å²) < 4.78 is 5.21. The number of thiophene rings is 1. The van der Waals surface area contributed by atoms with Gasteiger partial charge in [0.1, 0.15) is 6.10 Å². The number of hydrogen-bond donors (Lipinski definition) is 0. The maximum atomic E-state index is 11.6. The van der Waals surface area contributed by atoms with Crippen molar-refractivity contribution in [1.82, 2.24) is 0 Å². The van der Waals surface area contributed by atoms with Crippen LogP contribution in [0.5, 0.6) is 0 Å². The fourth-order valence-electron chi connectivity index (χ4n) is 1.16. The van der Waals surface area contributed by atoms with E-state index in [4.69, 9.17) is 10.00 Å². The lowest BCUT2D eigenvalue weighted by Crippen LogP contribution is -2.17. The molecule has 0 fully saturated rings. The molecule has 15 heavy (non-hydrogen) atoms. The molecule has 0 unspecified atom stereocenters. The Labute approximate surface area is 93.3 Å². The monoisotopic (exact) mass is 223 g/mol. The Bertz CT molecular complexity index is 378. The summed E-state index contributed by atoms with van der Waals surface area (Å²) in [6.07, 6.45) is 0.635. The highest BCUT2D eigenvalue weighted by atomic mass is 32.1. The SMILES string of the molecule is CC[C@@H](CC#N)OC(=O)c1cscc1C. The summed E-state index contributed by atoms with van der Waals surface area (Å²) in [5, 5.41) is 12.2. The Balaban J connectivity index is 2.63. The normalized spacial score (nSPS) is 11.8. The van der Waals surface area contributed by atoms with Crippen molar-refractivity contribution in [3.05, 3.63) is 21.9 Å². The number of rotatable bonds is 4. The van der Waals surface area contributed by atoms with E-state index in [9.17, 15) is 4.79 Å². The molecule has 3 nitrogen and oxygen atoms in total. The van der Waals surface area contributed by atoms with Gasteiger partial charge >= 0.3 is 5.97 Å². The largest absolute Gasteiger partial charge is 0.458 e. The first-order valence-electron chi connectivity index (χ1n) is 4.79. The van der Waals surface area contributed by atoms with Crippen LogP contribution in [0.3, 0.4) is 0 Å². The van der Waals surface area contributed by atoms with Crippen LogP contribution >= 0.6 is 11.3 Å². The molecule has 0 amide bonds. The first-order chi connectivity index (χ1) is 7.19. The number of carbonyl (C=O) groups excluding carboxylic acids is 1. The van der Waals surface area contributed by atoms with Crippen LogP contribution in [-0.4, -0.2) is 12.1 Å². The fourth-order valence-corrected chi connectivity index (χ4v) is 1.97. The lowest BCUT2D eigenvalue weighted by molar-refractivity contribution is 0.0303. The van der Waals surface area contributed by atoms with E-state index in [-0.39, 0.29) is 18.5 Å². The molecule has 4 heteroatoms. The van der Waals surface area contributed by atoms with Gasteiger partial charge in [0.15, 0.2) is 0 Å². The van der Waals surface area contributed by atoms with Gasteiger partial charge in [-0.25, -0.2) is 4.79 Å². The van der Waals surface area contributed by atoms with Crippen LogP contribution in [0.1, 0.15) is 35.7 Å². The fraction of sp³-hybridized carbons (Fsp3) is 0.455. The number of ether oxygens (including phenoxy) is 1. The Hall–Kier alpha value is -1.34. The molecule has 0 aliphatic rings. The van der Waals surface area contributed by atoms with Crippen molar-refractivity contribution in [2.45, 2.75) is 32.8 Å². The minimum atomic E-state index is -0.323. The average Bonchev–Trinajstić information content (AvgIpc) is 2.63. The Morgan fingerprint density at radius 1 is 1.67 bits per heavy atom. The number of nitriles is 1. The molecular formula is C11H13NO2S. The van der Waals surface area contributed by atoms with E-state index in [0.717, 1.165) is 5.56 Å². The number of hydrogen-bond acceptors (Lipinski definition) is 4. The molecule has 80 valence electrons. The molecule has 1 atom stereocenters. The molecule has 1 aromatic heterocycles. The Morgan fingerprint density at radius 2 is 2.40 bits per heavy atom. The summed E-state index contributed by atoms with van der Waals surface area (Å²) in [7, 11) is 0. The number of esters is 1. The molecule has 0 N–H and O–H groups in total. The van der Waals surface area contributed by atoms with E-state index in [2.05, 4.69) is 0 Å². The van der Waals surface area contributed by atoms with Crippen LogP contribution in [0.25, 0.3) is 0 Å². The molecule has 0 saturated carbocycles.